The van der Waals surface area contributed by atoms with Gasteiger partial charge in [-0.05, 0) is 72.5 Å². The molecule has 0 radical (unpaired) electrons. The first-order valence-electron chi connectivity index (χ1n) is 9.27. The standard InChI is InChI=1S/C24H24O2S/c1-16-11-17(2)24(18(3)12-16)23(19-13-20(25)15-21(26)14-19)9-10-27-22-7-5-4-6-8-22/h4-8,11-12,19,23H,13-15H2,1-3H3. The largest absolute Gasteiger partial charge is 0.299 e. The Bertz CT molecular complexity index is 879. The molecule has 138 valence electrons. The summed E-state index contributed by atoms with van der Waals surface area (Å²) >= 11 is 1.49. The zero-order valence-corrected chi connectivity index (χ0v) is 16.9. The number of benzene rings is 2. The number of Topliss-reactive ketones (excluding diaryl/α,β-unsaturated/α-hetero) is 2. The van der Waals surface area contributed by atoms with Crippen LogP contribution in [-0.4, -0.2) is 11.6 Å². The zero-order valence-electron chi connectivity index (χ0n) is 16.0. The first-order valence-corrected chi connectivity index (χ1v) is 10.1. The van der Waals surface area contributed by atoms with E-state index in [0.29, 0.717) is 12.8 Å². The van der Waals surface area contributed by atoms with Crippen molar-refractivity contribution in [3.05, 3.63) is 64.7 Å². The predicted molar refractivity (Wildman–Crippen MR) is 111 cm³/mol. The Morgan fingerprint density at radius 1 is 0.963 bits per heavy atom. The van der Waals surface area contributed by atoms with E-state index in [1.165, 1.54) is 34.0 Å². The number of thioether (sulfide) groups is 1. The van der Waals surface area contributed by atoms with Crippen molar-refractivity contribution in [2.45, 2.75) is 50.8 Å². The number of rotatable bonds is 3. The van der Waals surface area contributed by atoms with Crippen molar-refractivity contribution in [1.82, 2.24) is 0 Å². The van der Waals surface area contributed by atoms with Gasteiger partial charge in [0, 0.05) is 17.7 Å². The Hall–Kier alpha value is -2.31. The van der Waals surface area contributed by atoms with Gasteiger partial charge in [0.2, 0.25) is 0 Å². The quantitative estimate of drug-likeness (QED) is 0.409. The smallest absolute Gasteiger partial charge is 0.140 e. The summed E-state index contributed by atoms with van der Waals surface area (Å²) in [5.41, 5.74) is 4.76. The van der Waals surface area contributed by atoms with Crippen LogP contribution in [0.1, 0.15) is 47.4 Å². The van der Waals surface area contributed by atoms with Crippen molar-refractivity contribution in [3.63, 3.8) is 0 Å². The number of carbonyl (C=O) groups excluding carboxylic acids is 2. The van der Waals surface area contributed by atoms with Crippen LogP contribution in [0.3, 0.4) is 0 Å². The molecule has 0 spiro atoms. The maximum absolute atomic E-state index is 12.1. The fourth-order valence-electron chi connectivity index (χ4n) is 4.00. The average Bonchev–Trinajstić information content (AvgIpc) is 2.59. The highest BCUT2D eigenvalue weighted by molar-refractivity contribution is 8.03. The van der Waals surface area contributed by atoms with Crippen LogP contribution in [-0.2, 0) is 9.59 Å². The van der Waals surface area contributed by atoms with Gasteiger partial charge in [0.25, 0.3) is 0 Å². The van der Waals surface area contributed by atoms with Gasteiger partial charge in [-0.15, -0.1) is 0 Å². The molecule has 1 unspecified atom stereocenters. The summed E-state index contributed by atoms with van der Waals surface area (Å²) in [5, 5.41) is 3.24. The molecule has 27 heavy (non-hydrogen) atoms. The number of carbonyl (C=O) groups is 2. The maximum Gasteiger partial charge on any atom is 0.140 e. The average molecular weight is 377 g/mol. The van der Waals surface area contributed by atoms with Crippen molar-refractivity contribution < 1.29 is 9.59 Å². The van der Waals surface area contributed by atoms with E-state index in [0.717, 1.165) is 4.90 Å². The Labute approximate surface area is 165 Å². The van der Waals surface area contributed by atoms with E-state index in [4.69, 9.17) is 0 Å². The van der Waals surface area contributed by atoms with E-state index in [-0.39, 0.29) is 29.8 Å². The van der Waals surface area contributed by atoms with Crippen molar-refractivity contribution in [2.75, 3.05) is 0 Å². The molecule has 0 heterocycles. The Morgan fingerprint density at radius 3 is 2.15 bits per heavy atom. The predicted octanol–water partition coefficient (Wildman–Crippen LogP) is 5.39. The number of hydrogen-bond donors (Lipinski definition) is 0. The summed E-state index contributed by atoms with van der Waals surface area (Å²) < 4.78 is 0. The van der Waals surface area contributed by atoms with Crippen LogP contribution in [0.5, 0.6) is 0 Å². The Morgan fingerprint density at radius 2 is 1.56 bits per heavy atom. The zero-order chi connectivity index (χ0) is 19.4. The van der Waals surface area contributed by atoms with Gasteiger partial charge >= 0.3 is 0 Å². The van der Waals surface area contributed by atoms with E-state index in [1.54, 1.807) is 0 Å². The highest BCUT2D eigenvalue weighted by atomic mass is 32.2. The lowest BCUT2D eigenvalue weighted by atomic mass is 9.74. The van der Waals surface area contributed by atoms with Gasteiger partial charge in [0.1, 0.15) is 11.6 Å². The van der Waals surface area contributed by atoms with Crippen LogP contribution < -0.4 is 0 Å². The minimum Gasteiger partial charge on any atom is -0.299 e. The van der Waals surface area contributed by atoms with E-state index in [9.17, 15) is 9.59 Å². The number of ketones is 2. The second kappa shape index (κ2) is 8.59. The first kappa shape index (κ1) is 19.5. The van der Waals surface area contributed by atoms with E-state index in [1.807, 2.05) is 30.3 Å². The van der Waals surface area contributed by atoms with Crippen molar-refractivity contribution in [2.24, 2.45) is 5.92 Å². The van der Waals surface area contributed by atoms with Gasteiger partial charge in [0.05, 0.1) is 12.3 Å². The van der Waals surface area contributed by atoms with E-state index < -0.39 is 0 Å². The van der Waals surface area contributed by atoms with Crippen molar-refractivity contribution >= 4 is 23.3 Å². The third-order valence-electron chi connectivity index (χ3n) is 5.02. The van der Waals surface area contributed by atoms with Gasteiger partial charge in [-0.25, -0.2) is 0 Å². The first-order chi connectivity index (χ1) is 12.9. The molecule has 3 rings (SSSR count). The molecule has 1 atom stereocenters. The van der Waals surface area contributed by atoms with E-state index in [2.05, 4.69) is 44.1 Å². The molecule has 1 saturated carbocycles. The summed E-state index contributed by atoms with van der Waals surface area (Å²) in [4.78, 5) is 25.2. The molecule has 3 heteroatoms. The molecule has 0 aliphatic heterocycles. The van der Waals surface area contributed by atoms with Gasteiger partial charge in [0.15, 0.2) is 0 Å². The molecule has 2 aromatic carbocycles. The fourth-order valence-corrected chi connectivity index (χ4v) is 4.60. The summed E-state index contributed by atoms with van der Waals surface area (Å²) in [5.74, 6) is 3.35. The molecule has 2 aromatic rings. The molecule has 0 aromatic heterocycles. The number of hydrogen-bond acceptors (Lipinski definition) is 3. The lowest BCUT2D eigenvalue weighted by Crippen LogP contribution is -2.27. The van der Waals surface area contributed by atoms with Gasteiger partial charge in [-0.3, -0.25) is 9.59 Å². The summed E-state index contributed by atoms with van der Waals surface area (Å²) in [7, 11) is 0. The molecule has 0 saturated heterocycles. The molecule has 1 aliphatic rings. The second-order valence-corrected chi connectivity index (χ2v) is 8.25. The maximum atomic E-state index is 12.1. The molecule has 1 aliphatic carbocycles. The SMILES string of the molecule is Cc1cc(C)c(C(C#CSc2ccccc2)C2CC(=O)CC(=O)C2)c(C)c1. The van der Waals surface area contributed by atoms with Gasteiger partial charge in [-0.2, -0.15) is 0 Å². The normalized spacial score (nSPS) is 16.0. The fraction of sp³-hybridized carbons (Fsp3) is 0.333. The highest BCUT2D eigenvalue weighted by Crippen LogP contribution is 2.37. The minimum atomic E-state index is -0.102. The van der Waals surface area contributed by atoms with Crippen molar-refractivity contribution in [1.29, 1.82) is 0 Å². The molecular weight excluding hydrogens is 352 g/mol. The van der Waals surface area contributed by atoms with Crippen LogP contribution >= 0.6 is 11.8 Å². The van der Waals surface area contributed by atoms with Crippen LogP contribution in [0.2, 0.25) is 0 Å². The monoisotopic (exact) mass is 376 g/mol. The lowest BCUT2D eigenvalue weighted by molar-refractivity contribution is -0.131. The second-order valence-electron chi connectivity index (χ2n) is 7.37. The van der Waals surface area contributed by atoms with Gasteiger partial charge < -0.3 is 0 Å². The molecular formula is C24H24O2S. The highest BCUT2D eigenvalue weighted by Gasteiger charge is 2.32. The Kier molecular flexibility index (Phi) is 6.19. The van der Waals surface area contributed by atoms with E-state index >= 15 is 0 Å². The Balaban J connectivity index is 1.97. The summed E-state index contributed by atoms with van der Waals surface area (Å²) in [6.07, 6.45) is 0.961. The topological polar surface area (TPSA) is 34.1 Å². The van der Waals surface area contributed by atoms with Gasteiger partial charge in [-0.1, -0.05) is 41.8 Å². The third kappa shape index (κ3) is 4.90. The number of aryl methyl sites for hydroxylation is 3. The summed E-state index contributed by atoms with van der Waals surface area (Å²) in [6, 6.07) is 14.4. The van der Waals surface area contributed by atoms with Crippen LogP contribution in [0.4, 0.5) is 0 Å². The van der Waals surface area contributed by atoms with Crippen LogP contribution in [0.15, 0.2) is 47.4 Å². The van der Waals surface area contributed by atoms with Crippen molar-refractivity contribution in [3.8, 4) is 11.2 Å². The molecule has 0 N–H and O–H groups in total. The molecule has 0 amide bonds. The lowest BCUT2D eigenvalue weighted by Gasteiger charge is -2.28. The third-order valence-corrected chi connectivity index (χ3v) is 5.75. The molecule has 0 bridgehead atoms. The minimum absolute atomic E-state index is 0.0391. The van der Waals surface area contributed by atoms with Crippen LogP contribution in [0, 0.1) is 37.9 Å². The summed E-state index contributed by atoms with van der Waals surface area (Å²) in [6.45, 7) is 6.28. The van der Waals surface area contributed by atoms with Crippen LogP contribution in [0.25, 0.3) is 0 Å². The molecule has 2 nitrogen and oxygen atoms in total. The molecule has 1 fully saturated rings.